The number of hydrogen-bond acceptors (Lipinski definition) is 3. The van der Waals surface area contributed by atoms with Crippen molar-refractivity contribution in [1.29, 1.82) is 5.26 Å². The molecule has 0 atom stereocenters. The maximum Gasteiger partial charge on any atom is 0.123 e. The van der Waals surface area contributed by atoms with E-state index in [2.05, 4.69) is 64.9 Å². The first-order chi connectivity index (χ1) is 17.9. The Bertz CT molecular complexity index is 1070. The number of alkyl halides is 1. The third-order valence-corrected chi connectivity index (χ3v) is 8.79. The van der Waals surface area contributed by atoms with E-state index in [0.29, 0.717) is 25.3 Å². The van der Waals surface area contributed by atoms with Gasteiger partial charge in [-0.25, -0.2) is 4.39 Å². The van der Waals surface area contributed by atoms with Gasteiger partial charge in [0.15, 0.2) is 0 Å². The van der Waals surface area contributed by atoms with E-state index in [1.807, 2.05) is 13.8 Å². The SMILES string of the molecule is C=C(c1ccc(-c2ccc(CCC3CCN(CC(F)(CC)CC)CC3)cc2C#N)cc1)N1CCCCC1. The lowest BCUT2D eigenvalue weighted by molar-refractivity contribution is 0.0628. The molecule has 0 unspecified atom stereocenters. The number of piperidine rings is 2. The molecule has 2 aliphatic heterocycles. The summed E-state index contributed by atoms with van der Waals surface area (Å²) in [4.78, 5) is 4.71. The van der Waals surface area contributed by atoms with Crippen molar-refractivity contribution in [3.05, 3.63) is 65.7 Å². The van der Waals surface area contributed by atoms with Crippen LogP contribution in [-0.4, -0.2) is 48.2 Å². The van der Waals surface area contributed by atoms with Crippen LogP contribution in [0, 0.1) is 17.2 Å². The average Bonchev–Trinajstić information content (AvgIpc) is 2.96. The zero-order chi connectivity index (χ0) is 26.3. The molecule has 0 bridgehead atoms. The van der Waals surface area contributed by atoms with Crippen molar-refractivity contribution >= 4 is 5.70 Å². The molecular weight excluding hydrogens is 457 g/mol. The van der Waals surface area contributed by atoms with Crippen molar-refractivity contribution in [2.24, 2.45) is 5.92 Å². The molecule has 2 saturated heterocycles. The van der Waals surface area contributed by atoms with Gasteiger partial charge in [0.2, 0.25) is 0 Å². The molecular formula is C33H44FN3. The van der Waals surface area contributed by atoms with Crippen LogP contribution in [0.5, 0.6) is 0 Å². The van der Waals surface area contributed by atoms with Crippen molar-refractivity contribution in [3.63, 3.8) is 0 Å². The minimum atomic E-state index is -1.04. The van der Waals surface area contributed by atoms with Crippen molar-refractivity contribution in [3.8, 4) is 17.2 Å². The summed E-state index contributed by atoms with van der Waals surface area (Å²) in [6, 6.07) is 17.3. The van der Waals surface area contributed by atoms with Gasteiger partial charge >= 0.3 is 0 Å². The maximum absolute atomic E-state index is 14.8. The van der Waals surface area contributed by atoms with Crippen LogP contribution < -0.4 is 0 Å². The van der Waals surface area contributed by atoms with Gasteiger partial charge in [-0.3, -0.25) is 0 Å². The summed E-state index contributed by atoms with van der Waals surface area (Å²) in [5.74, 6) is 0.680. The van der Waals surface area contributed by atoms with Gasteiger partial charge in [-0.2, -0.15) is 5.26 Å². The smallest absolute Gasteiger partial charge is 0.123 e. The lowest BCUT2D eigenvalue weighted by Crippen LogP contribution is -2.43. The number of benzene rings is 2. The summed E-state index contributed by atoms with van der Waals surface area (Å²) in [6.07, 6.45) is 9.39. The molecule has 4 heteroatoms. The molecule has 0 radical (unpaired) electrons. The highest BCUT2D eigenvalue weighted by atomic mass is 19.1. The number of rotatable bonds is 10. The Morgan fingerprint density at radius 3 is 2.30 bits per heavy atom. The van der Waals surface area contributed by atoms with Crippen LogP contribution in [0.15, 0.2) is 49.0 Å². The van der Waals surface area contributed by atoms with Crippen molar-refractivity contribution in [1.82, 2.24) is 9.80 Å². The summed E-state index contributed by atoms with van der Waals surface area (Å²) < 4.78 is 14.8. The fourth-order valence-corrected chi connectivity index (χ4v) is 5.96. The van der Waals surface area contributed by atoms with Gasteiger partial charge in [0.25, 0.3) is 0 Å². The summed E-state index contributed by atoms with van der Waals surface area (Å²) >= 11 is 0. The summed E-state index contributed by atoms with van der Waals surface area (Å²) in [6.45, 7) is 13.0. The first-order valence-corrected chi connectivity index (χ1v) is 14.4. The molecule has 37 heavy (non-hydrogen) atoms. The molecule has 0 amide bonds. The largest absolute Gasteiger partial charge is 0.372 e. The normalized spacial score (nSPS) is 17.5. The van der Waals surface area contributed by atoms with Gasteiger partial charge in [0.05, 0.1) is 11.6 Å². The number of aryl methyl sites for hydroxylation is 1. The zero-order valence-electron chi connectivity index (χ0n) is 22.9. The predicted octanol–water partition coefficient (Wildman–Crippen LogP) is 7.85. The number of nitrogens with zero attached hydrogens (tertiary/aromatic N) is 3. The minimum Gasteiger partial charge on any atom is -0.372 e. The van der Waals surface area contributed by atoms with E-state index in [-0.39, 0.29) is 0 Å². The van der Waals surface area contributed by atoms with Gasteiger partial charge in [0.1, 0.15) is 5.67 Å². The molecule has 2 fully saturated rings. The molecule has 2 aromatic rings. The lowest BCUT2D eigenvalue weighted by atomic mass is 9.88. The number of likely N-dealkylation sites (tertiary alicyclic amines) is 2. The summed E-state index contributed by atoms with van der Waals surface area (Å²) in [7, 11) is 0. The maximum atomic E-state index is 14.8. The molecule has 2 aromatic carbocycles. The van der Waals surface area contributed by atoms with E-state index >= 15 is 0 Å². The van der Waals surface area contributed by atoms with Crippen LogP contribution in [0.1, 0.15) is 81.9 Å². The third-order valence-electron chi connectivity index (χ3n) is 8.79. The van der Waals surface area contributed by atoms with E-state index < -0.39 is 5.67 Å². The fraction of sp³-hybridized carbons (Fsp3) is 0.545. The second kappa shape index (κ2) is 12.7. The van der Waals surface area contributed by atoms with Gasteiger partial charge in [-0.1, -0.05) is 56.8 Å². The van der Waals surface area contributed by atoms with Crippen LogP contribution in [0.2, 0.25) is 0 Å². The Morgan fingerprint density at radius 1 is 1.00 bits per heavy atom. The Hall–Kier alpha value is -2.64. The van der Waals surface area contributed by atoms with Crippen LogP contribution >= 0.6 is 0 Å². The van der Waals surface area contributed by atoms with Gasteiger partial charge < -0.3 is 9.80 Å². The molecule has 0 saturated carbocycles. The van der Waals surface area contributed by atoms with Gasteiger partial charge in [0, 0.05) is 25.3 Å². The summed E-state index contributed by atoms with van der Waals surface area (Å²) in [5, 5.41) is 9.89. The van der Waals surface area contributed by atoms with Crippen LogP contribution in [0.3, 0.4) is 0 Å². The van der Waals surface area contributed by atoms with E-state index in [9.17, 15) is 9.65 Å². The first-order valence-electron chi connectivity index (χ1n) is 14.4. The predicted molar refractivity (Wildman–Crippen MR) is 153 cm³/mol. The van der Waals surface area contributed by atoms with Crippen molar-refractivity contribution in [2.75, 3.05) is 32.7 Å². The quantitative estimate of drug-likeness (QED) is 0.332. The van der Waals surface area contributed by atoms with Crippen LogP contribution in [0.4, 0.5) is 4.39 Å². The van der Waals surface area contributed by atoms with Gasteiger partial charge in [-0.05, 0) is 105 Å². The molecule has 2 heterocycles. The van der Waals surface area contributed by atoms with E-state index in [1.165, 1.54) is 24.8 Å². The van der Waals surface area contributed by atoms with Crippen molar-refractivity contribution < 1.29 is 4.39 Å². The average molecular weight is 502 g/mol. The molecule has 198 valence electrons. The Balaban J connectivity index is 1.32. The van der Waals surface area contributed by atoms with E-state index in [0.717, 1.165) is 79.8 Å². The Morgan fingerprint density at radius 2 is 1.68 bits per heavy atom. The molecule has 4 rings (SSSR count). The van der Waals surface area contributed by atoms with E-state index in [1.54, 1.807) is 0 Å². The number of nitriles is 1. The monoisotopic (exact) mass is 501 g/mol. The minimum absolute atomic E-state index is 0.576. The molecule has 0 aliphatic carbocycles. The Kier molecular flexibility index (Phi) is 9.43. The molecule has 3 nitrogen and oxygen atoms in total. The Labute approximate surface area is 224 Å². The third kappa shape index (κ3) is 7.02. The molecule has 0 aromatic heterocycles. The molecule has 2 aliphatic rings. The second-order valence-corrected chi connectivity index (χ2v) is 11.2. The highest BCUT2D eigenvalue weighted by Gasteiger charge is 2.30. The van der Waals surface area contributed by atoms with Gasteiger partial charge in [-0.15, -0.1) is 0 Å². The second-order valence-electron chi connectivity index (χ2n) is 11.2. The molecule has 0 spiro atoms. The number of hydrogen-bond donors (Lipinski definition) is 0. The number of halogens is 1. The van der Waals surface area contributed by atoms with Crippen LogP contribution in [0.25, 0.3) is 16.8 Å². The standard InChI is InChI=1S/C33H44FN3/c1-4-33(34,5-2)25-36-21-17-27(18-22-36)9-10-28-11-16-32(31(23-28)24-35)30-14-12-29(13-15-30)26(3)37-19-7-6-8-20-37/h11-16,23,27H,3-10,17-22,25H2,1-2H3. The summed E-state index contributed by atoms with van der Waals surface area (Å²) in [5.41, 5.74) is 5.28. The lowest BCUT2D eigenvalue weighted by Gasteiger charge is -2.36. The first kappa shape index (κ1) is 27.4. The van der Waals surface area contributed by atoms with Crippen molar-refractivity contribution in [2.45, 2.75) is 77.3 Å². The fourth-order valence-electron chi connectivity index (χ4n) is 5.96. The van der Waals surface area contributed by atoms with E-state index in [4.69, 9.17) is 0 Å². The highest BCUT2D eigenvalue weighted by molar-refractivity contribution is 5.73. The highest BCUT2D eigenvalue weighted by Crippen LogP contribution is 2.30. The van der Waals surface area contributed by atoms with Crippen LogP contribution in [-0.2, 0) is 6.42 Å². The molecule has 0 N–H and O–H groups in total. The topological polar surface area (TPSA) is 30.3 Å². The zero-order valence-corrected chi connectivity index (χ0v) is 22.9.